The van der Waals surface area contributed by atoms with Crippen LogP contribution in [-0.4, -0.2) is 41.7 Å². The van der Waals surface area contributed by atoms with Crippen molar-refractivity contribution in [2.75, 3.05) is 0 Å². The molecule has 0 bridgehead atoms. The van der Waals surface area contributed by atoms with E-state index in [0.29, 0.717) is 12.8 Å². The van der Waals surface area contributed by atoms with E-state index in [-0.39, 0.29) is 32.7 Å². The van der Waals surface area contributed by atoms with Crippen molar-refractivity contribution >= 4 is 49.2 Å². The molecule has 1 aliphatic carbocycles. The first-order chi connectivity index (χ1) is 9.30. The Bertz CT molecular complexity index is 395. The second kappa shape index (κ2) is 6.76. The first-order valence-electron chi connectivity index (χ1n) is 7.23. The molecule has 21 heavy (non-hydrogen) atoms. The molecule has 1 saturated carbocycles. The normalized spacial score (nSPS) is 35.1. The van der Waals surface area contributed by atoms with Crippen LogP contribution in [0.4, 0.5) is 0 Å². The number of rotatable bonds is 5. The van der Waals surface area contributed by atoms with Crippen LogP contribution in [0.2, 0.25) is 0 Å². The van der Waals surface area contributed by atoms with E-state index in [1.807, 2.05) is 6.92 Å². The third-order valence-corrected chi connectivity index (χ3v) is 8.21. The quantitative estimate of drug-likeness (QED) is 0.629. The van der Waals surface area contributed by atoms with E-state index in [1.165, 1.54) is 6.92 Å². The summed E-state index contributed by atoms with van der Waals surface area (Å²) in [5.74, 6) is -0.410. The van der Waals surface area contributed by atoms with Crippen LogP contribution >= 0.6 is 43.5 Å². The van der Waals surface area contributed by atoms with Crippen LogP contribution in [0.1, 0.15) is 53.4 Å². The van der Waals surface area contributed by atoms with Gasteiger partial charge in [0.15, 0.2) is 5.78 Å². The first kappa shape index (κ1) is 19.9. The molecule has 1 rings (SSSR count). The average molecular weight is 449 g/mol. The van der Waals surface area contributed by atoms with E-state index < -0.39 is 11.2 Å². The lowest BCUT2D eigenvalue weighted by Gasteiger charge is -2.45. The molecular formula is C15H25Br2ClO3. The summed E-state index contributed by atoms with van der Waals surface area (Å²) >= 11 is 13.4. The highest BCUT2D eigenvalue weighted by molar-refractivity contribution is 9.09. The average Bonchev–Trinajstić information content (AvgIpc) is 2.30. The largest absolute Gasteiger partial charge is 0.389 e. The summed E-state index contributed by atoms with van der Waals surface area (Å²) in [4.78, 5) is 11.4. The number of ketones is 1. The standard InChI is InChI=1S/C15H25Br2ClO3/c1-9(19)15(21,8-12(17)13(2,3)20)10-5-6-14(4,18)11(16)7-10/h10-12,20-21H,5-8H2,1-4H3/t10-,11-,12?,14-,15-/m0/s1. The van der Waals surface area contributed by atoms with E-state index in [2.05, 4.69) is 31.9 Å². The van der Waals surface area contributed by atoms with E-state index >= 15 is 0 Å². The van der Waals surface area contributed by atoms with Crippen molar-refractivity contribution < 1.29 is 15.0 Å². The minimum absolute atomic E-state index is 0.0483. The van der Waals surface area contributed by atoms with Crippen molar-refractivity contribution in [3.05, 3.63) is 0 Å². The molecule has 0 spiro atoms. The van der Waals surface area contributed by atoms with Crippen molar-refractivity contribution in [2.24, 2.45) is 5.92 Å². The molecule has 3 nitrogen and oxygen atoms in total. The highest BCUT2D eigenvalue weighted by atomic mass is 79.9. The van der Waals surface area contributed by atoms with Crippen LogP contribution in [0.5, 0.6) is 0 Å². The van der Waals surface area contributed by atoms with E-state index in [4.69, 9.17) is 11.6 Å². The molecule has 124 valence electrons. The SMILES string of the molecule is CC(=O)[C@@](O)(CC(Br)C(C)(C)O)[C@H]1CC[C@](C)(Cl)[C@@H](Br)C1. The third kappa shape index (κ3) is 4.66. The molecule has 0 heterocycles. The van der Waals surface area contributed by atoms with Gasteiger partial charge in [-0.1, -0.05) is 31.9 Å². The summed E-state index contributed by atoms with van der Waals surface area (Å²) in [6.45, 7) is 6.72. The van der Waals surface area contributed by atoms with Crippen molar-refractivity contribution in [3.63, 3.8) is 0 Å². The van der Waals surface area contributed by atoms with Gasteiger partial charge in [0.05, 0.1) is 10.5 Å². The lowest BCUT2D eigenvalue weighted by atomic mass is 9.69. The lowest BCUT2D eigenvalue weighted by molar-refractivity contribution is -0.145. The van der Waals surface area contributed by atoms with Gasteiger partial charge in [0.1, 0.15) is 5.60 Å². The Morgan fingerprint density at radius 1 is 1.48 bits per heavy atom. The van der Waals surface area contributed by atoms with Crippen molar-refractivity contribution in [1.82, 2.24) is 0 Å². The molecule has 0 radical (unpaired) electrons. The van der Waals surface area contributed by atoms with Crippen molar-refractivity contribution in [3.8, 4) is 0 Å². The number of hydrogen-bond donors (Lipinski definition) is 2. The van der Waals surface area contributed by atoms with Gasteiger partial charge in [-0.15, -0.1) is 11.6 Å². The zero-order chi connectivity index (χ0) is 16.6. The van der Waals surface area contributed by atoms with Gasteiger partial charge >= 0.3 is 0 Å². The summed E-state index contributed by atoms with van der Waals surface area (Å²) in [6, 6.07) is 0. The minimum atomic E-state index is -1.44. The number of alkyl halides is 3. The third-order valence-electron chi connectivity index (χ3n) is 4.67. The molecule has 1 aliphatic rings. The first-order valence-corrected chi connectivity index (χ1v) is 9.44. The van der Waals surface area contributed by atoms with E-state index in [1.54, 1.807) is 13.8 Å². The molecule has 5 atom stereocenters. The predicted molar refractivity (Wildman–Crippen MR) is 93.6 cm³/mol. The van der Waals surface area contributed by atoms with Crippen molar-refractivity contribution in [1.29, 1.82) is 0 Å². The second-order valence-electron chi connectivity index (χ2n) is 7.02. The highest BCUT2D eigenvalue weighted by Gasteiger charge is 2.49. The molecule has 1 fully saturated rings. The Kier molecular flexibility index (Phi) is 6.40. The Balaban J connectivity index is 2.94. The van der Waals surface area contributed by atoms with Gasteiger partial charge in [0, 0.05) is 9.65 Å². The summed E-state index contributed by atoms with van der Waals surface area (Å²) in [6.07, 6.45) is 2.26. The Labute approximate surface area is 149 Å². The maximum atomic E-state index is 12.1. The second-order valence-corrected chi connectivity index (χ2v) is 10.1. The van der Waals surface area contributed by atoms with Gasteiger partial charge in [-0.25, -0.2) is 0 Å². The molecule has 6 heteroatoms. The zero-order valence-corrected chi connectivity index (χ0v) is 16.9. The molecule has 0 aliphatic heterocycles. The summed E-state index contributed by atoms with van der Waals surface area (Å²) in [5.41, 5.74) is -2.44. The Morgan fingerprint density at radius 3 is 2.38 bits per heavy atom. The Hall–Kier alpha value is 0.840. The lowest BCUT2D eigenvalue weighted by Crippen LogP contribution is -2.53. The topological polar surface area (TPSA) is 57.5 Å². The zero-order valence-electron chi connectivity index (χ0n) is 13.0. The van der Waals surface area contributed by atoms with Gasteiger partial charge in [0.25, 0.3) is 0 Å². The summed E-state index contributed by atoms with van der Waals surface area (Å²) in [5, 5.41) is 21.0. The van der Waals surface area contributed by atoms with E-state index in [9.17, 15) is 15.0 Å². The van der Waals surface area contributed by atoms with Crippen LogP contribution in [0, 0.1) is 5.92 Å². The molecule has 0 saturated heterocycles. The number of aliphatic hydroxyl groups is 2. The fourth-order valence-electron chi connectivity index (χ4n) is 2.78. The van der Waals surface area contributed by atoms with Gasteiger partial charge in [-0.05, 0) is 59.3 Å². The van der Waals surface area contributed by atoms with E-state index in [0.717, 1.165) is 6.42 Å². The fraction of sp³-hybridized carbons (Fsp3) is 0.933. The number of carbonyl (C=O) groups is 1. The van der Waals surface area contributed by atoms with Crippen molar-refractivity contribution in [2.45, 2.75) is 79.1 Å². The number of hydrogen-bond acceptors (Lipinski definition) is 3. The van der Waals surface area contributed by atoms with Crippen LogP contribution in [0.3, 0.4) is 0 Å². The molecule has 2 N–H and O–H groups in total. The number of carbonyl (C=O) groups excluding carboxylic acids is 1. The van der Waals surface area contributed by atoms with Gasteiger partial charge < -0.3 is 10.2 Å². The van der Waals surface area contributed by atoms with Crippen LogP contribution < -0.4 is 0 Å². The smallest absolute Gasteiger partial charge is 0.161 e. The maximum Gasteiger partial charge on any atom is 0.161 e. The van der Waals surface area contributed by atoms with Crippen LogP contribution in [-0.2, 0) is 4.79 Å². The maximum absolute atomic E-state index is 12.1. The molecule has 1 unspecified atom stereocenters. The van der Waals surface area contributed by atoms with Gasteiger partial charge in [-0.2, -0.15) is 0 Å². The molecule has 0 aromatic rings. The fourth-order valence-corrected chi connectivity index (χ4v) is 4.15. The van der Waals surface area contributed by atoms with Gasteiger partial charge in [-0.3, -0.25) is 4.79 Å². The summed E-state index contributed by atoms with van der Waals surface area (Å²) < 4.78 is 0. The minimum Gasteiger partial charge on any atom is -0.389 e. The molecule has 0 amide bonds. The molecule has 0 aromatic carbocycles. The van der Waals surface area contributed by atoms with Crippen LogP contribution in [0.25, 0.3) is 0 Å². The number of Topliss-reactive ketones (excluding diaryl/α,β-unsaturated/α-hetero) is 1. The molecular weight excluding hydrogens is 423 g/mol. The number of halogens is 3. The molecule has 0 aromatic heterocycles. The highest BCUT2D eigenvalue weighted by Crippen LogP contribution is 2.46. The summed E-state index contributed by atoms with van der Waals surface area (Å²) in [7, 11) is 0. The predicted octanol–water partition coefficient (Wildman–Crippen LogP) is 3.79. The van der Waals surface area contributed by atoms with Gasteiger partial charge in [0.2, 0.25) is 0 Å². The van der Waals surface area contributed by atoms with Crippen LogP contribution in [0.15, 0.2) is 0 Å². The Morgan fingerprint density at radius 2 is 2.00 bits per heavy atom. The monoisotopic (exact) mass is 446 g/mol.